The molecule has 6 nitrogen and oxygen atoms in total. The Balaban J connectivity index is 4.18. The summed E-state index contributed by atoms with van der Waals surface area (Å²) in [5.41, 5.74) is 0. The van der Waals surface area contributed by atoms with Crippen LogP contribution in [0.1, 0.15) is 337 Å². The van der Waals surface area contributed by atoms with E-state index < -0.39 is 6.10 Å². The highest BCUT2D eigenvalue weighted by molar-refractivity contribution is 5.71. The van der Waals surface area contributed by atoms with E-state index in [1.807, 2.05) is 0 Å². The summed E-state index contributed by atoms with van der Waals surface area (Å²) in [5.74, 6) is 1.72. The molecule has 0 bridgehead atoms. The molecule has 0 aliphatic heterocycles. The minimum Gasteiger partial charge on any atom is -0.462 e. The maximum absolute atomic E-state index is 12.8. The SMILES string of the molecule is CCC(C)CCCCCCCCCCCCCCCCCCCCC(=O)OC[C@@H](COC(=O)CCCCCCCCCCCCCCCCC(C)C)OC(=O)CCCCCCCCC(C)CC. The number of ether oxygens (including phenoxy) is 3. The van der Waals surface area contributed by atoms with Gasteiger partial charge in [-0.15, -0.1) is 0 Å². The quantitative estimate of drug-likeness (QED) is 0.0343. The van der Waals surface area contributed by atoms with Gasteiger partial charge in [-0.25, -0.2) is 0 Å². The van der Waals surface area contributed by atoms with Crippen molar-refractivity contribution < 1.29 is 28.6 Å². The van der Waals surface area contributed by atoms with E-state index in [9.17, 15) is 14.4 Å². The summed E-state index contributed by atoms with van der Waals surface area (Å²) in [7, 11) is 0. The Morgan fingerprint density at radius 1 is 0.299 bits per heavy atom. The zero-order valence-corrected chi connectivity index (χ0v) is 46.2. The minimum absolute atomic E-state index is 0.0643. The van der Waals surface area contributed by atoms with Crippen LogP contribution in [0.25, 0.3) is 0 Å². The predicted octanol–water partition coefficient (Wildman–Crippen LogP) is 19.9. The van der Waals surface area contributed by atoms with E-state index in [2.05, 4.69) is 41.5 Å². The Morgan fingerprint density at radius 2 is 0.522 bits per heavy atom. The van der Waals surface area contributed by atoms with Crippen molar-refractivity contribution in [1.82, 2.24) is 0 Å². The highest BCUT2D eigenvalue weighted by Crippen LogP contribution is 2.19. The topological polar surface area (TPSA) is 78.9 Å². The number of hydrogen-bond acceptors (Lipinski definition) is 6. The fourth-order valence-electron chi connectivity index (χ4n) is 9.29. The Labute approximate surface area is 418 Å². The molecular weight excluding hydrogens is 829 g/mol. The fourth-order valence-corrected chi connectivity index (χ4v) is 9.29. The number of carbonyl (C=O) groups is 3. The maximum Gasteiger partial charge on any atom is 0.306 e. The van der Waals surface area contributed by atoms with Crippen LogP contribution in [-0.4, -0.2) is 37.2 Å². The molecule has 0 aliphatic carbocycles. The molecule has 0 rings (SSSR count). The molecule has 0 N–H and O–H groups in total. The molecule has 0 heterocycles. The first-order valence-corrected chi connectivity index (χ1v) is 30.2. The molecule has 0 saturated heterocycles. The number of carbonyl (C=O) groups excluding carboxylic acids is 3. The van der Waals surface area contributed by atoms with Gasteiger partial charge in [0.2, 0.25) is 0 Å². The van der Waals surface area contributed by atoms with Crippen molar-refractivity contribution in [3.05, 3.63) is 0 Å². The van der Waals surface area contributed by atoms with Crippen LogP contribution in [0.3, 0.4) is 0 Å². The molecule has 0 aliphatic rings. The smallest absolute Gasteiger partial charge is 0.306 e. The fraction of sp³-hybridized carbons (Fsp3) is 0.951. The standard InChI is InChI=1S/C61H118O6/c1-7-56(5)48-42-36-30-26-22-18-13-11-9-10-12-14-19-23-27-31-38-44-50-59(62)65-53-58(67-61(64)52-46-40-34-33-37-43-49-57(6)8-2)54-66-60(63)51-45-39-32-28-24-20-16-15-17-21-25-29-35-41-47-55(3)4/h55-58H,7-54H2,1-6H3/t56?,57?,58-/m0/s1. The van der Waals surface area contributed by atoms with Gasteiger partial charge < -0.3 is 14.2 Å². The second-order valence-electron chi connectivity index (χ2n) is 21.9. The molecule has 398 valence electrons. The zero-order valence-electron chi connectivity index (χ0n) is 46.2. The van der Waals surface area contributed by atoms with Crippen LogP contribution in [0, 0.1) is 17.8 Å². The van der Waals surface area contributed by atoms with Crippen molar-refractivity contribution in [3.8, 4) is 0 Å². The molecule has 3 atom stereocenters. The van der Waals surface area contributed by atoms with Crippen LogP contribution in [0.15, 0.2) is 0 Å². The van der Waals surface area contributed by atoms with Gasteiger partial charge in [0, 0.05) is 19.3 Å². The third-order valence-corrected chi connectivity index (χ3v) is 14.6. The molecule has 2 unspecified atom stereocenters. The molecule has 0 amide bonds. The predicted molar refractivity (Wildman–Crippen MR) is 289 cm³/mol. The second kappa shape index (κ2) is 52.2. The van der Waals surface area contributed by atoms with E-state index in [4.69, 9.17) is 14.2 Å². The van der Waals surface area contributed by atoms with Crippen LogP contribution in [0.4, 0.5) is 0 Å². The maximum atomic E-state index is 12.8. The number of hydrogen-bond donors (Lipinski definition) is 0. The Morgan fingerprint density at radius 3 is 0.776 bits per heavy atom. The molecule has 0 aromatic heterocycles. The lowest BCUT2D eigenvalue weighted by Crippen LogP contribution is -2.30. The Hall–Kier alpha value is -1.59. The van der Waals surface area contributed by atoms with Crippen LogP contribution < -0.4 is 0 Å². The molecule has 0 radical (unpaired) electrons. The van der Waals surface area contributed by atoms with E-state index in [1.54, 1.807) is 0 Å². The van der Waals surface area contributed by atoms with Gasteiger partial charge in [-0.2, -0.15) is 0 Å². The summed E-state index contributed by atoms with van der Waals surface area (Å²) < 4.78 is 16.9. The lowest BCUT2D eigenvalue weighted by molar-refractivity contribution is -0.167. The molecule has 0 fully saturated rings. The minimum atomic E-state index is -0.764. The molecule has 0 spiro atoms. The number of unbranched alkanes of at least 4 members (excludes halogenated alkanes) is 35. The van der Waals surface area contributed by atoms with E-state index in [0.717, 1.165) is 75.5 Å². The van der Waals surface area contributed by atoms with Crippen molar-refractivity contribution in [1.29, 1.82) is 0 Å². The van der Waals surface area contributed by atoms with Crippen molar-refractivity contribution in [2.75, 3.05) is 13.2 Å². The second-order valence-corrected chi connectivity index (χ2v) is 21.9. The van der Waals surface area contributed by atoms with E-state index in [1.165, 1.54) is 218 Å². The van der Waals surface area contributed by atoms with E-state index >= 15 is 0 Å². The van der Waals surface area contributed by atoms with Gasteiger partial charge in [0.05, 0.1) is 0 Å². The molecule has 67 heavy (non-hydrogen) atoms. The first-order valence-electron chi connectivity index (χ1n) is 30.2. The van der Waals surface area contributed by atoms with Gasteiger partial charge in [-0.05, 0) is 37.0 Å². The summed E-state index contributed by atoms with van der Waals surface area (Å²) in [6.45, 7) is 13.8. The molecule has 0 aromatic carbocycles. The summed E-state index contributed by atoms with van der Waals surface area (Å²) in [6.07, 6.45) is 55.3. The van der Waals surface area contributed by atoms with Crippen LogP contribution in [0.5, 0.6) is 0 Å². The van der Waals surface area contributed by atoms with Gasteiger partial charge in [-0.1, -0.05) is 298 Å². The van der Waals surface area contributed by atoms with Crippen molar-refractivity contribution in [3.63, 3.8) is 0 Å². The van der Waals surface area contributed by atoms with Gasteiger partial charge in [0.15, 0.2) is 6.10 Å². The summed E-state index contributed by atoms with van der Waals surface area (Å²) in [5, 5.41) is 0. The first-order chi connectivity index (χ1) is 32.7. The largest absolute Gasteiger partial charge is 0.462 e. The van der Waals surface area contributed by atoms with Gasteiger partial charge in [0.1, 0.15) is 13.2 Å². The van der Waals surface area contributed by atoms with E-state index in [-0.39, 0.29) is 31.1 Å². The third kappa shape index (κ3) is 52.1. The highest BCUT2D eigenvalue weighted by Gasteiger charge is 2.19. The summed E-state index contributed by atoms with van der Waals surface area (Å²) in [6, 6.07) is 0. The lowest BCUT2D eigenvalue weighted by atomic mass is 9.99. The average molecular weight is 948 g/mol. The number of rotatable bonds is 54. The third-order valence-electron chi connectivity index (χ3n) is 14.6. The molecule has 0 aromatic rings. The van der Waals surface area contributed by atoms with Gasteiger partial charge >= 0.3 is 17.9 Å². The summed E-state index contributed by atoms with van der Waals surface area (Å²) in [4.78, 5) is 38.1. The van der Waals surface area contributed by atoms with Gasteiger partial charge in [0.25, 0.3) is 0 Å². The monoisotopic (exact) mass is 947 g/mol. The first kappa shape index (κ1) is 65.4. The highest BCUT2D eigenvalue weighted by atomic mass is 16.6. The Bertz CT molecular complexity index is 1040. The van der Waals surface area contributed by atoms with Crippen LogP contribution >= 0.6 is 0 Å². The van der Waals surface area contributed by atoms with Crippen LogP contribution in [-0.2, 0) is 28.6 Å². The molecule has 0 saturated carbocycles. The summed E-state index contributed by atoms with van der Waals surface area (Å²) >= 11 is 0. The van der Waals surface area contributed by atoms with Crippen LogP contribution in [0.2, 0.25) is 0 Å². The average Bonchev–Trinajstić information content (AvgIpc) is 3.31. The molecular formula is C61H118O6. The van der Waals surface area contributed by atoms with Crippen molar-refractivity contribution >= 4 is 17.9 Å². The lowest BCUT2D eigenvalue weighted by Gasteiger charge is -2.18. The Kier molecular flexibility index (Phi) is 51.0. The van der Waals surface area contributed by atoms with Crippen molar-refractivity contribution in [2.45, 2.75) is 343 Å². The normalized spacial score (nSPS) is 12.9. The molecule has 6 heteroatoms. The number of esters is 3. The van der Waals surface area contributed by atoms with Crippen molar-refractivity contribution in [2.24, 2.45) is 17.8 Å². The van der Waals surface area contributed by atoms with Gasteiger partial charge in [-0.3, -0.25) is 14.4 Å². The zero-order chi connectivity index (χ0) is 49.1. The van der Waals surface area contributed by atoms with E-state index in [0.29, 0.717) is 19.3 Å².